The van der Waals surface area contributed by atoms with E-state index in [1.54, 1.807) is 0 Å². The first kappa shape index (κ1) is 17.6. The second-order valence-corrected chi connectivity index (χ2v) is 10.9. The molecule has 0 aromatic rings. The number of piperidine rings is 1. The second-order valence-electron chi connectivity index (χ2n) is 10.9. The van der Waals surface area contributed by atoms with Crippen molar-refractivity contribution < 1.29 is 19.0 Å². The van der Waals surface area contributed by atoms with Gasteiger partial charge in [0.15, 0.2) is 0 Å². The quantitative estimate of drug-likeness (QED) is 0.301. The summed E-state index contributed by atoms with van der Waals surface area (Å²) < 4.78 is 5.11. The zero-order chi connectivity index (χ0) is 19.6. The van der Waals surface area contributed by atoms with Crippen LogP contribution < -0.4 is 0 Å². The Morgan fingerprint density at radius 2 is 1.96 bits per heavy atom. The molecule has 152 valence electrons. The summed E-state index contributed by atoms with van der Waals surface area (Å²) in [4.78, 5) is 27.0. The monoisotopic (exact) mass is 385 g/mol. The van der Waals surface area contributed by atoms with E-state index < -0.39 is 5.41 Å². The van der Waals surface area contributed by atoms with Crippen LogP contribution in [-0.2, 0) is 14.3 Å². The number of carbonyl (C=O) groups is 2. The average molecular weight is 386 g/mol. The van der Waals surface area contributed by atoms with Gasteiger partial charge in [-0.3, -0.25) is 9.59 Å². The van der Waals surface area contributed by atoms with E-state index in [0.29, 0.717) is 25.3 Å². The fraction of sp³-hybridized carbons (Fsp3) is 0.826. The maximum absolute atomic E-state index is 14.3. The highest BCUT2D eigenvalue weighted by Gasteiger charge is 2.79. The van der Waals surface area contributed by atoms with Crippen LogP contribution in [0.25, 0.3) is 0 Å². The molecule has 4 aliphatic carbocycles. The molecular formula is C23H31NO4. The van der Waals surface area contributed by atoms with Crippen LogP contribution in [0.3, 0.4) is 0 Å². The van der Waals surface area contributed by atoms with E-state index in [1.165, 1.54) is 18.3 Å². The van der Waals surface area contributed by atoms with Gasteiger partial charge in [0.25, 0.3) is 0 Å². The smallest absolute Gasteiger partial charge is 0.309 e. The largest absolute Gasteiger partial charge is 0.633 e. The fourth-order valence-corrected chi connectivity index (χ4v) is 9.37. The Morgan fingerprint density at radius 3 is 2.71 bits per heavy atom. The zero-order valence-electron chi connectivity index (χ0n) is 17.2. The predicted molar refractivity (Wildman–Crippen MR) is 103 cm³/mol. The van der Waals surface area contributed by atoms with Crippen molar-refractivity contribution in [3.05, 3.63) is 16.4 Å². The molecule has 0 aromatic carbocycles. The lowest BCUT2D eigenvalue weighted by molar-refractivity contribution is -0.908. The highest BCUT2D eigenvalue weighted by atomic mass is 16.6. The van der Waals surface area contributed by atoms with E-state index in [9.17, 15) is 14.8 Å². The molecule has 0 aromatic heterocycles. The van der Waals surface area contributed by atoms with Crippen molar-refractivity contribution in [2.75, 3.05) is 20.2 Å². The summed E-state index contributed by atoms with van der Waals surface area (Å²) in [5.74, 6) is 0.588. The van der Waals surface area contributed by atoms with Crippen molar-refractivity contribution in [3.63, 3.8) is 0 Å². The number of rotatable bonds is 1. The number of hydroxylamine groups is 3. The van der Waals surface area contributed by atoms with Crippen LogP contribution in [0.15, 0.2) is 11.1 Å². The number of methoxy groups -OCH3 is 1. The maximum Gasteiger partial charge on any atom is 0.309 e. The van der Waals surface area contributed by atoms with Crippen LogP contribution in [0, 0.1) is 45.6 Å². The van der Waals surface area contributed by atoms with Crippen LogP contribution in [0.2, 0.25) is 0 Å². The standard InChI is InChI=1S/C23H31NO4/c1-12-10-24(27)11-14-6-4-13-5-7-15-17(21(26)28-3)9-23(19(13)15)20(25)16(12)8-18(24)22(14,23)2/h12,14-18H,4-11H2,1-3H3/t12-,14-,15-,16-,17-,18-,22-,23+,24-/m1/s1. The minimum absolute atomic E-state index is 0.0125. The van der Waals surface area contributed by atoms with Gasteiger partial charge in [0.05, 0.1) is 37.6 Å². The Morgan fingerprint density at radius 1 is 1.21 bits per heavy atom. The number of Topliss-reactive ketones (excluding diaryl/α,β-unsaturated/α-hetero) is 1. The lowest BCUT2D eigenvalue weighted by Crippen LogP contribution is -2.68. The van der Waals surface area contributed by atoms with Gasteiger partial charge in [-0.05, 0) is 38.0 Å². The van der Waals surface area contributed by atoms with Gasteiger partial charge >= 0.3 is 5.97 Å². The van der Waals surface area contributed by atoms with E-state index >= 15 is 0 Å². The molecule has 0 N–H and O–H groups in total. The number of ketones is 1. The molecule has 0 unspecified atom stereocenters. The number of hydrogen-bond donors (Lipinski definition) is 0. The number of hydrogen-bond acceptors (Lipinski definition) is 4. The van der Waals surface area contributed by atoms with Crippen molar-refractivity contribution in [2.45, 2.75) is 58.4 Å². The van der Waals surface area contributed by atoms with Crippen molar-refractivity contribution in [1.82, 2.24) is 0 Å². The van der Waals surface area contributed by atoms with Crippen LogP contribution >= 0.6 is 0 Å². The fourth-order valence-electron chi connectivity index (χ4n) is 9.37. The number of quaternary nitrogens is 1. The molecule has 2 saturated heterocycles. The number of ether oxygens (including phenoxy) is 1. The van der Waals surface area contributed by atoms with E-state index in [1.807, 2.05) is 0 Å². The summed E-state index contributed by atoms with van der Waals surface area (Å²) >= 11 is 0. The van der Waals surface area contributed by atoms with Gasteiger partial charge in [-0.2, -0.15) is 0 Å². The van der Waals surface area contributed by atoms with Gasteiger partial charge in [0.1, 0.15) is 5.78 Å². The molecule has 0 radical (unpaired) electrons. The molecule has 2 aliphatic heterocycles. The maximum atomic E-state index is 14.3. The summed E-state index contributed by atoms with van der Waals surface area (Å²) in [6.45, 7) is 5.65. The van der Waals surface area contributed by atoms with Gasteiger partial charge in [0.2, 0.25) is 0 Å². The number of carbonyl (C=O) groups excluding carboxylic acids is 2. The summed E-state index contributed by atoms with van der Waals surface area (Å²) in [5.41, 5.74) is 1.88. The molecule has 2 heterocycles. The van der Waals surface area contributed by atoms with Crippen molar-refractivity contribution in [3.8, 4) is 0 Å². The topological polar surface area (TPSA) is 66.4 Å². The van der Waals surface area contributed by atoms with Crippen LogP contribution in [0.5, 0.6) is 0 Å². The van der Waals surface area contributed by atoms with Crippen molar-refractivity contribution in [1.29, 1.82) is 0 Å². The molecule has 5 heteroatoms. The van der Waals surface area contributed by atoms with Gasteiger partial charge < -0.3 is 14.6 Å². The third-order valence-electron chi connectivity index (χ3n) is 10.4. The zero-order valence-corrected chi connectivity index (χ0v) is 17.2. The molecule has 1 spiro atoms. The predicted octanol–water partition coefficient (Wildman–Crippen LogP) is 3.22. The molecule has 9 atom stereocenters. The third kappa shape index (κ3) is 1.63. The lowest BCUT2D eigenvalue weighted by Gasteiger charge is -2.62. The molecule has 6 aliphatic rings. The van der Waals surface area contributed by atoms with Crippen LogP contribution in [-0.4, -0.2) is 42.6 Å². The molecular weight excluding hydrogens is 354 g/mol. The van der Waals surface area contributed by atoms with E-state index in [2.05, 4.69) is 13.8 Å². The first-order valence-electron chi connectivity index (χ1n) is 11.2. The van der Waals surface area contributed by atoms with Gasteiger partial charge in [-0.15, -0.1) is 0 Å². The minimum Gasteiger partial charge on any atom is -0.633 e. The molecule has 0 amide bonds. The first-order valence-corrected chi connectivity index (χ1v) is 11.2. The Labute approximate surface area is 166 Å². The summed E-state index contributed by atoms with van der Waals surface area (Å²) in [7, 11) is 1.47. The molecule has 6 rings (SSSR count). The van der Waals surface area contributed by atoms with Crippen LogP contribution in [0.1, 0.15) is 52.4 Å². The van der Waals surface area contributed by atoms with Crippen molar-refractivity contribution in [2.24, 2.45) is 40.4 Å². The number of fused-ring (bicyclic) bond motifs is 1. The molecule has 2 saturated carbocycles. The Kier molecular flexibility index (Phi) is 3.21. The molecule has 5 nitrogen and oxygen atoms in total. The average Bonchev–Trinajstić information content (AvgIpc) is 3.26. The molecule has 4 fully saturated rings. The first-order chi connectivity index (χ1) is 13.3. The molecule has 2 bridgehead atoms. The van der Waals surface area contributed by atoms with Gasteiger partial charge in [-0.1, -0.05) is 25.0 Å². The second kappa shape index (κ2) is 5.10. The summed E-state index contributed by atoms with van der Waals surface area (Å²) in [6, 6.07) is 0.0147. The van der Waals surface area contributed by atoms with Crippen molar-refractivity contribution >= 4 is 11.8 Å². The van der Waals surface area contributed by atoms with E-state index in [-0.39, 0.29) is 51.7 Å². The van der Waals surface area contributed by atoms with E-state index in [4.69, 9.17) is 4.74 Å². The summed E-state index contributed by atoms with van der Waals surface area (Å²) in [6.07, 6.45) is 5.40. The lowest BCUT2D eigenvalue weighted by atomic mass is 9.45. The number of allylic oxidation sites excluding steroid dienone is 2. The van der Waals surface area contributed by atoms with E-state index in [0.717, 1.165) is 32.1 Å². The Balaban J connectivity index is 1.63. The third-order valence-corrected chi connectivity index (χ3v) is 10.4. The highest BCUT2D eigenvalue weighted by Crippen LogP contribution is 2.76. The Hall–Kier alpha value is -1.20. The Bertz CT molecular complexity index is 834. The van der Waals surface area contributed by atoms with Crippen LogP contribution in [0.4, 0.5) is 0 Å². The SMILES string of the molecule is COC(=O)[C@@H]1C[C@]23C(=O)[C@@H]4C[C@@H]5[C@@]2(C)[C@H](CCC2=C3[C@@H]1CC2)C[N@+]5([O-])C[C@H]4C. The highest BCUT2D eigenvalue weighted by molar-refractivity contribution is 5.95. The normalized spacial score (nSPS) is 55.9. The van der Waals surface area contributed by atoms with Gasteiger partial charge in [-0.25, -0.2) is 0 Å². The number of nitrogens with zero attached hydrogens (tertiary/aromatic N) is 1. The summed E-state index contributed by atoms with van der Waals surface area (Å²) in [5, 5.41) is 14.0. The number of esters is 1. The minimum atomic E-state index is -0.587. The molecule has 28 heavy (non-hydrogen) atoms. The van der Waals surface area contributed by atoms with Gasteiger partial charge in [0, 0.05) is 29.6 Å².